The molecule has 6 N–H and O–H groups in total. The molecule has 4 heterocycles. The Kier molecular flexibility index (Phi) is 4.21. The van der Waals surface area contributed by atoms with E-state index >= 15 is 0 Å². The van der Waals surface area contributed by atoms with Gasteiger partial charge in [-0.25, -0.2) is 14.8 Å². The molecule has 0 aromatic heterocycles. The van der Waals surface area contributed by atoms with Gasteiger partial charge in [0, 0.05) is 51.2 Å². The summed E-state index contributed by atoms with van der Waals surface area (Å²) in [5, 5.41) is 11.4. The van der Waals surface area contributed by atoms with E-state index in [-0.39, 0.29) is 31.2 Å². The highest BCUT2D eigenvalue weighted by Crippen LogP contribution is 2.27. The van der Waals surface area contributed by atoms with Crippen LogP contribution in [0.15, 0.2) is 12.3 Å². The number of piperidine rings is 1. The summed E-state index contributed by atoms with van der Waals surface area (Å²) in [5.74, 6) is -0.222. The third-order valence-electron chi connectivity index (χ3n) is 5.64. The van der Waals surface area contributed by atoms with Crippen molar-refractivity contribution in [2.24, 2.45) is 17.6 Å². The van der Waals surface area contributed by atoms with E-state index in [0.29, 0.717) is 12.0 Å². The molecule has 4 rings (SSSR count). The van der Waals surface area contributed by atoms with Gasteiger partial charge in [-0.15, -0.1) is 0 Å². The lowest BCUT2D eigenvalue weighted by atomic mass is 9.89. The van der Waals surface area contributed by atoms with Crippen molar-refractivity contribution in [3.05, 3.63) is 12.3 Å². The number of likely N-dealkylation sites (N-methyl/N-ethyl adjacent to an activating group) is 1. The third kappa shape index (κ3) is 2.70. The van der Waals surface area contributed by atoms with E-state index in [1.165, 1.54) is 0 Å². The molecule has 0 radical (unpaired) electrons. The number of carbonyl (C=O) groups excluding carboxylic acids is 1. The highest BCUT2D eigenvalue weighted by molar-refractivity contribution is 5.81. The normalized spacial score (nSPS) is 45.1. The molecule has 0 bridgehead atoms. The maximum Gasteiger partial charge on any atom is 0.229 e. The van der Waals surface area contributed by atoms with Crippen LogP contribution in [0.2, 0.25) is 0 Å². The molecule has 3 fully saturated rings. The Morgan fingerprint density at radius 3 is 3.04 bits per heavy atom. The van der Waals surface area contributed by atoms with Gasteiger partial charge in [0.15, 0.2) is 0 Å². The highest BCUT2D eigenvalue weighted by atomic mass is 19.1. The van der Waals surface area contributed by atoms with Crippen molar-refractivity contribution in [1.29, 1.82) is 0 Å². The van der Waals surface area contributed by atoms with Crippen molar-refractivity contribution in [3.63, 3.8) is 0 Å². The lowest BCUT2D eigenvalue weighted by Gasteiger charge is -2.38. The van der Waals surface area contributed by atoms with Crippen molar-refractivity contribution in [2.45, 2.75) is 30.6 Å². The smallest absolute Gasteiger partial charge is 0.229 e. The van der Waals surface area contributed by atoms with Gasteiger partial charge in [-0.1, -0.05) is 6.08 Å². The monoisotopic (exact) mass is 339 g/mol. The second-order valence-electron chi connectivity index (χ2n) is 7.21. The zero-order valence-corrected chi connectivity index (χ0v) is 13.8. The van der Waals surface area contributed by atoms with Crippen molar-refractivity contribution in [3.8, 4) is 0 Å². The van der Waals surface area contributed by atoms with Crippen LogP contribution in [0.1, 0.15) is 0 Å². The number of hydrogen-bond donors (Lipinski definition) is 5. The summed E-state index contributed by atoms with van der Waals surface area (Å²) < 4.78 is 13.5. The fourth-order valence-electron chi connectivity index (χ4n) is 4.36. The van der Waals surface area contributed by atoms with Gasteiger partial charge < -0.3 is 21.3 Å². The molecule has 134 valence electrons. The molecular formula is C15H26FN7O. The zero-order valence-electron chi connectivity index (χ0n) is 13.8. The first-order chi connectivity index (χ1) is 11.5. The quantitative estimate of drug-likeness (QED) is 0.380. The molecule has 8 nitrogen and oxygen atoms in total. The number of hydrogen-bond acceptors (Lipinski definition) is 7. The van der Waals surface area contributed by atoms with Crippen LogP contribution in [0.5, 0.6) is 0 Å². The number of rotatable bonds is 2. The van der Waals surface area contributed by atoms with Gasteiger partial charge in [-0.2, -0.15) is 0 Å². The average molecular weight is 339 g/mol. The summed E-state index contributed by atoms with van der Waals surface area (Å²) in [5.41, 5.74) is 9.12. The minimum absolute atomic E-state index is 0.0382. The van der Waals surface area contributed by atoms with Crippen molar-refractivity contribution >= 4 is 5.91 Å². The number of alkyl halides is 1. The Morgan fingerprint density at radius 2 is 2.21 bits per heavy atom. The van der Waals surface area contributed by atoms with Crippen LogP contribution in [-0.2, 0) is 4.79 Å². The maximum absolute atomic E-state index is 13.5. The molecule has 0 aliphatic carbocycles. The van der Waals surface area contributed by atoms with Gasteiger partial charge >= 0.3 is 0 Å². The number of hydrazine groups is 1. The summed E-state index contributed by atoms with van der Waals surface area (Å²) in [7, 11) is 2.06. The number of amides is 1. The van der Waals surface area contributed by atoms with E-state index in [9.17, 15) is 9.18 Å². The van der Waals surface area contributed by atoms with E-state index in [1.54, 1.807) is 5.01 Å². The fourth-order valence-corrected chi connectivity index (χ4v) is 4.36. The average Bonchev–Trinajstić information content (AvgIpc) is 3.07. The first-order valence-corrected chi connectivity index (χ1v) is 8.62. The molecule has 0 aromatic rings. The molecular weight excluding hydrogens is 313 g/mol. The molecule has 7 unspecified atom stereocenters. The lowest BCUT2D eigenvalue weighted by molar-refractivity contribution is -0.128. The second-order valence-corrected chi connectivity index (χ2v) is 7.21. The van der Waals surface area contributed by atoms with Crippen LogP contribution in [0.4, 0.5) is 4.39 Å². The molecule has 7 atom stereocenters. The Bertz CT molecular complexity index is 532. The van der Waals surface area contributed by atoms with Gasteiger partial charge in [-0.3, -0.25) is 10.1 Å². The van der Waals surface area contributed by atoms with Gasteiger partial charge in [0.05, 0.1) is 18.2 Å². The number of nitrogens with one attached hydrogen (secondary N) is 4. The number of halogens is 1. The molecule has 1 amide bonds. The van der Waals surface area contributed by atoms with Crippen molar-refractivity contribution in [1.82, 2.24) is 31.3 Å². The summed E-state index contributed by atoms with van der Waals surface area (Å²) in [4.78, 5) is 15.1. The van der Waals surface area contributed by atoms with E-state index in [2.05, 4.69) is 45.6 Å². The van der Waals surface area contributed by atoms with Gasteiger partial charge in [0.25, 0.3) is 0 Å². The van der Waals surface area contributed by atoms with E-state index in [1.807, 2.05) is 0 Å². The van der Waals surface area contributed by atoms with Crippen LogP contribution in [-0.4, -0.2) is 79.6 Å². The third-order valence-corrected chi connectivity index (χ3v) is 5.64. The summed E-state index contributed by atoms with van der Waals surface area (Å²) in [6.07, 6.45) is 2.52. The minimum Gasteiger partial charge on any atom is -0.376 e. The lowest BCUT2D eigenvalue weighted by Crippen LogP contribution is -2.62. The first-order valence-electron chi connectivity index (χ1n) is 8.62. The van der Waals surface area contributed by atoms with Crippen molar-refractivity contribution in [2.75, 3.05) is 33.2 Å². The molecule has 4 aliphatic heterocycles. The van der Waals surface area contributed by atoms with Crippen LogP contribution in [0, 0.1) is 11.8 Å². The summed E-state index contributed by atoms with van der Waals surface area (Å²) in [6, 6.07) is 0.409. The maximum atomic E-state index is 13.5. The summed E-state index contributed by atoms with van der Waals surface area (Å²) in [6.45, 7) is 2.16. The molecule has 0 spiro atoms. The first kappa shape index (κ1) is 16.2. The van der Waals surface area contributed by atoms with Crippen LogP contribution in [0.25, 0.3) is 0 Å². The topological polar surface area (TPSA) is 97.7 Å². The summed E-state index contributed by atoms with van der Waals surface area (Å²) >= 11 is 0. The Morgan fingerprint density at radius 1 is 1.38 bits per heavy atom. The predicted molar refractivity (Wildman–Crippen MR) is 87.0 cm³/mol. The Labute approximate surface area is 140 Å². The van der Waals surface area contributed by atoms with Crippen LogP contribution >= 0.6 is 0 Å². The van der Waals surface area contributed by atoms with E-state index in [0.717, 1.165) is 13.1 Å². The number of carbonyl (C=O) groups is 1. The molecule has 24 heavy (non-hydrogen) atoms. The van der Waals surface area contributed by atoms with E-state index < -0.39 is 18.3 Å². The number of nitrogens with two attached hydrogens (primary N) is 1. The van der Waals surface area contributed by atoms with Gasteiger partial charge in [0.2, 0.25) is 5.91 Å². The fraction of sp³-hybridized carbons (Fsp3) is 0.800. The molecule has 9 heteroatoms. The standard InChI is InChI=1S/C15H26FN7O/c1-22-3-2-9-10(5-18-6-11(9)22)20-15(24)12-13(17)21-23-7-8(16)4-19-14(12)23/h2-3,8-14,18-19,21H,4-7,17H2,1H3,(H,20,24). The van der Waals surface area contributed by atoms with Crippen LogP contribution in [0.3, 0.4) is 0 Å². The number of fused-ring (bicyclic) bond motifs is 2. The Hall–Kier alpha value is -1.26. The molecule has 4 aliphatic rings. The second kappa shape index (κ2) is 6.23. The predicted octanol–water partition coefficient (Wildman–Crippen LogP) is -2.49. The SMILES string of the molecule is CN1C=CC2C(NC(=O)C3C(N)NN4CC(F)CNC34)CNCC21. The molecule has 0 aromatic carbocycles. The zero-order chi connectivity index (χ0) is 16.8. The minimum atomic E-state index is -0.953. The molecule has 3 saturated heterocycles. The van der Waals surface area contributed by atoms with Crippen molar-refractivity contribution < 1.29 is 9.18 Å². The highest BCUT2D eigenvalue weighted by Gasteiger charge is 2.48. The van der Waals surface area contributed by atoms with Gasteiger partial charge in [-0.05, 0) is 6.20 Å². The van der Waals surface area contributed by atoms with Crippen LogP contribution < -0.4 is 27.1 Å². The van der Waals surface area contributed by atoms with Gasteiger partial charge in [0.1, 0.15) is 6.17 Å². The Balaban J connectivity index is 1.43. The largest absolute Gasteiger partial charge is 0.376 e. The molecule has 0 saturated carbocycles. The van der Waals surface area contributed by atoms with E-state index in [4.69, 9.17) is 5.73 Å². The number of nitrogens with zero attached hydrogens (tertiary/aromatic N) is 2.